The van der Waals surface area contributed by atoms with Gasteiger partial charge in [-0.2, -0.15) is 0 Å². The Hall–Kier alpha value is -1.77. The van der Waals surface area contributed by atoms with Crippen molar-refractivity contribution < 1.29 is 13.9 Å². The Kier molecular flexibility index (Phi) is 2.93. The van der Waals surface area contributed by atoms with Gasteiger partial charge in [0, 0.05) is 5.39 Å². The van der Waals surface area contributed by atoms with Crippen molar-refractivity contribution in [3.8, 4) is 0 Å². The fourth-order valence-corrected chi connectivity index (χ4v) is 1.81. The van der Waals surface area contributed by atoms with E-state index in [0.717, 1.165) is 22.3 Å². The van der Waals surface area contributed by atoms with Gasteiger partial charge in [-0.05, 0) is 58.4 Å². The lowest BCUT2D eigenvalue weighted by molar-refractivity contribution is 0.00697. The first-order valence-electron chi connectivity index (χ1n) is 6.01. The highest BCUT2D eigenvalue weighted by molar-refractivity contribution is 5.95. The van der Waals surface area contributed by atoms with Crippen LogP contribution in [0.3, 0.4) is 0 Å². The van der Waals surface area contributed by atoms with Crippen molar-refractivity contribution in [2.45, 2.75) is 40.2 Å². The molecule has 1 aromatic heterocycles. The summed E-state index contributed by atoms with van der Waals surface area (Å²) >= 11 is 0. The second-order valence-electron chi connectivity index (χ2n) is 5.50. The molecule has 3 nitrogen and oxygen atoms in total. The summed E-state index contributed by atoms with van der Waals surface area (Å²) in [5.41, 5.74) is 1.95. The summed E-state index contributed by atoms with van der Waals surface area (Å²) in [6.07, 6.45) is 0. The highest BCUT2D eigenvalue weighted by Gasteiger charge is 2.19. The molecule has 0 aliphatic rings. The monoisotopic (exact) mass is 246 g/mol. The van der Waals surface area contributed by atoms with Crippen LogP contribution in [0.4, 0.5) is 0 Å². The van der Waals surface area contributed by atoms with Crippen molar-refractivity contribution in [1.82, 2.24) is 0 Å². The summed E-state index contributed by atoms with van der Waals surface area (Å²) in [6, 6.07) is 5.38. The van der Waals surface area contributed by atoms with Crippen LogP contribution in [-0.2, 0) is 4.74 Å². The van der Waals surface area contributed by atoms with Crippen LogP contribution in [0.2, 0.25) is 0 Å². The molecule has 0 unspecified atom stereocenters. The van der Waals surface area contributed by atoms with Gasteiger partial charge in [0.05, 0.1) is 5.56 Å². The lowest BCUT2D eigenvalue weighted by Crippen LogP contribution is -2.23. The largest absolute Gasteiger partial charge is 0.461 e. The molecular formula is C15H18O3. The SMILES string of the molecule is Cc1oc2ccc(C(=O)OC(C)(C)C)cc2c1C. The number of fused-ring (bicyclic) bond motifs is 1. The van der Waals surface area contributed by atoms with Crippen LogP contribution in [0, 0.1) is 13.8 Å². The van der Waals surface area contributed by atoms with E-state index in [-0.39, 0.29) is 5.97 Å². The van der Waals surface area contributed by atoms with Crippen LogP contribution in [0.25, 0.3) is 11.0 Å². The van der Waals surface area contributed by atoms with Crippen molar-refractivity contribution in [2.75, 3.05) is 0 Å². The summed E-state index contributed by atoms with van der Waals surface area (Å²) in [4.78, 5) is 12.0. The Labute approximate surface area is 107 Å². The molecule has 2 aromatic rings. The van der Waals surface area contributed by atoms with Crippen molar-refractivity contribution in [3.63, 3.8) is 0 Å². The standard InChI is InChI=1S/C15H18O3/c1-9-10(2)17-13-7-6-11(8-12(9)13)14(16)18-15(3,4)5/h6-8H,1-5H3. The van der Waals surface area contributed by atoms with Gasteiger partial charge in [-0.25, -0.2) is 4.79 Å². The summed E-state index contributed by atoms with van der Waals surface area (Å²) in [6.45, 7) is 9.48. The van der Waals surface area contributed by atoms with E-state index >= 15 is 0 Å². The van der Waals surface area contributed by atoms with E-state index in [1.807, 2.05) is 46.8 Å². The second kappa shape index (κ2) is 4.16. The van der Waals surface area contributed by atoms with E-state index in [0.29, 0.717) is 5.56 Å². The zero-order valence-electron chi connectivity index (χ0n) is 11.5. The molecule has 0 radical (unpaired) electrons. The Morgan fingerprint density at radius 1 is 1.22 bits per heavy atom. The van der Waals surface area contributed by atoms with Gasteiger partial charge in [-0.3, -0.25) is 0 Å². The predicted molar refractivity (Wildman–Crippen MR) is 70.9 cm³/mol. The van der Waals surface area contributed by atoms with Crippen LogP contribution in [0.15, 0.2) is 22.6 Å². The average Bonchev–Trinajstić information content (AvgIpc) is 2.52. The smallest absolute Gasteiger partial charge is 0.338 e. The van der Waals surface area contributed by atoms with Crippen LogP contribution >= 0.6 is 0 Å². The molecular weight excluding hydrogens is 228 g/mol. The van der Waals surface area contributed by atoms with Gasteiger partial charge in [0.1, 0.15) is 16.9 Å². The zero-order valence-corrected chi connectivity index (χ0v) is 11.5. The first-order chi connectivity index (χ1) is 8.28. The summed E-state index contributed by atoms with van der Waals surface area (Å²) < 4.78 is 10.9. The summed E-state index contributed by atoms with van der Waals surface area (Å²) in [7, 11) is 0. The number of hydrogen-bond donors (Lipinski definition) is 0. The topological polar surface area (TPSA) is 39.4 Å². The number of benzene rings is 1. The van der Waals surface area contributed by atoms with Gasteiger partial charge in [-0.15, -0.1) is 0 Å². The molecule has 18 heavy (non-hydrogen) atoms. The molecule has 0 aliphatic carbocycles. The average molecular weight is 246 g/mol. The Balaban J connectivity index is 2.41. The number of furan rings is 1. The highest BCUT2D eigenvalue weighted by Crippen LogP contribution is 2.26. The number of aryl methyl sites for hydroxylation is 2. The fourth-order valence-electron chi connectivity index (χ4n) is 1.81. The van der Waals surface area contributed by atoms with Crippen LogP contribution in [0.5, 0.6) is 0 Å². The van der Waals surface area contributed by atoms with Crippen LogP contribution in [-0.4, -0.2) is 11.6 Å². The van der Waals surface area contributed by atoms with Gasteiger partial charge in [0.15, 0.2) is 0 Å². The minimum absolute atomic E-state index is 0.303. The quantitative estimate of drug-likeness (QED) is 0.714. The first kappa shape index (κ1) is 12.7. The van der Waals surface area contributed by atoms with E-state index in [1.54, 1.807) is 6.07 Å². The van der Waals surface area contributed by atoms with Crippen molar-refractivity contribution in [2.24, 2.45) is 0 Å². The predicted octanol–water partition coefficient (Wildman–Crippen LogP) is 4.00. The van der Waals surface area contributed by atoms with Gasteiger partial charge in [-0.1, -0.05) is 0 Å². The molecule has 1 aromatic carbocycles. The molecule has 0 fully saturated rings. The number of carbonyl (C=O) groups is 1. The summed E-state index contributed by atoms with van der Waals surface area (Å²) in [5, 5.41) is 0.968. The van der Waals surface area contributed by atoms with Gasteiger partial charge >= 0.3 is 5.97 Å². The zero-order chi connectivity index (χ0) is 13.5. The van der Waals surface area contributed by atoms with E-state index in [1.165, 1.54) is 0 Å². The van der Waals surface area contributed by atoms with Gasteiger partial charge in [0.25, 0.3) is 0 Å². The maximum Gasteiger partial charge on any atom is 0.338 e. The molecule has 0 N–H and O–H groups in total. The van der Waals surface area contributed by atoms with E-state index in [4.69, 9.17) is 9.15 Å². The number of ether oxygens (including phenoxy) is 1. The number of hydrogen-bond acceptors (Lipinski definition) is 3. The van der Waals surface area contributed by atoms with Crippen molar-refractivity contribution >= 4 is 16.9 Å². The second-order valence-corrected chi connectivity index (χ2v) is 5.50. The molecule has 0 amide bonds. The van der Waals surface area contributed by atoms with E-state index in [2.05, 4.69) is 0 Å². The summed E-state index contributed by atoms with van der Waals surface area (Å²) in [5.74, 6) is 0.578. The van der Waals surface area contributed by atoms with Crippen LogP contribution in [0.1, 0.15) is 42.5 Å². The third-order valence-corrected chi connectivity index (χ3v) is 2.81. The lowest BCUT2D eigenvalue weighted by Gasteiger charge is -2.19. The Morgan fingerprint density at radius 3 is 2.50 bits per heavy atom. The van der Waals surface area contributed by atoms with E-state index < -0.39 is 5.60 Å². The molecule has 0 saturated heterocycles. The lowest BCUT2D eigenvalue weighted by atomic mass is 10.1. The maximum atomic E-state index is 12.0. The molecule has 0 atom stereocenters. The molecule has 0 saturated carbocycles. The number of rotatable bonds is 1. The fraction of sp³-hybridized carbons (Fsp3) is 0.400. The molecule has 0 aliphatic heterocycles. The van der Waals surface area contributed by atoms with Crippen LogP contribution < -0.4 is 0 Å². The number of esters is 1. The molecule has 2 rings (SSSR count). The van der Waals surface area contributed by atoms with E-state index in [9.17, 15) is 4.79 Å². The maximum absolute atomic E-state index is 12.0. The molecule has 96 valence electrons. The third-order valence-electron chi connectivity index (χ3n) is 2.81. The first-order valence-corrected chi connectivity index (χ1v) is 6.01. The molecule has 1 heterocycles. The third kappa shape index (κ3) is 2.40. The molecule has 0 bridgehead atoms. The minimum atomic E-state index is -0.479. The Morgan fingerprint density at radius 2 is 1.89 bits per heavy atom. The minimum Gasteiger partial charge on any atom is -0.461 e. The molecule has 3 heteroatoms. The normalized spacial score (nSPS) is 11.8. The van der Waals surface area contributed by atoms with Crippen molar-refractivity contribution in [1.29, 1.82) is 0 Å². The highest BCUT2D eigenvalue weighted by atomic mass is 16.6. The Bertz CT molecular complexity index is 600. The van der Waals surface area contributed by atoms with Gasteiger partial charge < -0.3 is 9.15 Å². The van der Waals surface area contributed by atoms with Gasteiger partial charge in [0.2, 0.25) is 0 Å². The van der Waals surface area contributed by atoms with Crippen molar-refractivity contribution in [3.05, 3.63) is 35.1 Å². The number of carbonyl (C=O) groups excluding carboxylic acids is 1. The molecule has 0 spiro atoms.